The van der Waals surface area contributed by atoms with Crippen molar-refractivity contribution in [1.82, 2.24) is 0 Å². The Hall–Kier alpha value is -3.35. The summed E-state index contributed by atoms with van der Waals surface area (Å²) < 4.78 is 31.5. The number of halogens is 2. The number of amides is 1. The van der Waals surface area contributed by atoms with Crippen LogP contribution < -0.4 is 5.32 Å². The molecule has 0 unspecified atom stereocenters. The average Bonchev–Trinajstić information content (AvgIpc) is 2.86. The van der Waals surface area contributed by atoms with Crippen molar-refractivity contribution in [2.24, 2.45) is 0 Å². The molecule has 0 aliphatic heterocycles. The van der Waals surface area contributed by atoms with Gasteiger partial charge in [0.2, 0.25) is 17.4 Å². The van der Waals surface area contributed by atoms with Gasteiger partial charge in [-0.05, 0) is 30.3 Å². The van der Waals surface area contributed by atoms with E-state index in [0.717, 1.165) is 12.1 Å². The van der Waals surface area contributed by atoms with E-state index in [1.54, 1.807) is 30.3 Å². The summed E-state index contributed by atoms with van der Waals surface area (Å²) in [6, 6.07) is 11.0. The molecule has 5 nitrogen and oxygen atoms in total. The summed E-state index contributed by atoms with van der Waals surface area (Å²) in [7, 11) is 0. The molecule has 3 N–H and O–H groups in total. The number of rotatable bonds is 3. The highest BCUT2D eigenvalue weighted by molar-refractivity contribution is 6.04. The van der Waals surface area contributed by atoms with E-state index in [4.69, 9.17) is 4.42 Å². The maximum Gasteiger partial charge on any atom is 0.258 e. The molecular formula is C17H11F2NO4. The van der Waals surface area contributed by atoms with E-state index in [-0.39, 0.29) is 11.3 Å². The number of furan rings is 1. The Kier molecular flexibility index (Phi) is 3.91. The van der Waals surface area contributed by atoms with Gasteiger partial charge in [0.05, 0.1) is 0 Å². The Morgan fingerprint density at radius 2 is 1.67 bits per heavy atom. The Balaban J connectivity index is 1.94. The minimum atomic E-state index is -1.14. The van der Waals surface area contributed by atoms with Gasteiger partial charge in [0.15, 0.2) is 17.4 Å². The molecule has 0 aliphatic carbocycles. The minimum absolute atomic E-state index is 0.00177. The predicted molar refractivity (Wildman–Crippen MR) is 81.8 cm³/mol. The first-order valence-electron chi connectivity index (χ1n) is 6.84. The lowest BCUT2D eigenvalue weighted by Crippen LogP contribution is -2.11. The number of carbonyl (C=O) groups is 1. The van der Waals surface area contributed by atoms with Gasteiger partial charge in [-0.15, -0.1) is 0 Å². The van der Waals surface area contributed by atoms with Gasteiger partial charge < -0.3 is 14.6 Å². The smallest absolute Gasteiger partial charge is 0.258 e. The molecule has 0 bridgehead atoms. The van der Waals surface area contributed by atoms with Crippen LogP contribution in [0.15, 0.2) is 52.9 Å². The summed E-state index contributed by atoms with van der Waals surface area (Å²) >= 11 is 0. The van der Waals surface area contributed by atoms with E-state index in [9.17, 15) is 23.8 Å². The van der Waals surface area contributed by atoms with Crippen molar-refractivity contribution in [2.75, 3.05) is 5.32 Å². The molecule has 3 rings (SSSR count). The van der Waals surface area contributed by atoms with Crippen LogP contribution in [-0.2, 0) is 0 Å². The zero-order valence-electron chi connectivity index (χ0n) is 12.1. The SMILES string of the molecule is O=C(Nc1oc(-c2ccc(F)c(F)c2)c(O)c1O)c1ccccc1. The highest BCUT2D eigenvalue weighted by atomic mass is 19.2. The van der Waals surface area contributed by atoms with Crippen LogP contribution in [0.1, 0.15) is 10.4 Å². The number of anilines is 1. The van der Waals surface area contributed by atoms with Crippen molar-refractivity contribution < 1.29 is 28.2 Å². The third-order valence-corrected chi connectivity index (χ3v) is 3.30. The predicted octanol–water partition coefficient (Wildman–Crippen LogP) is 3.89. The van der Waals surface area contributed by atoms with Gasteiger partial charge in [0.1, 0.15) is 0 Å². The van der Waals surface area contributed by atoms with Crippen LogP contribution in [0.25, 0.3) is 11.3 Å². The molecule has 7 heteroatoms. The van der Waals surface area contributed by atoms with Crippen molar-refractivity contribution in [3.63, 3.8) is 0 Å². The molecule has 0 fully saturated rings. The van der Waals surface area contributed by atoms with Gasteiger partial charge in [-0.25, -0.2) is 8.78 Å². The highest BCUT2D eigenvalue weighted by Crippen LogP contribution is 2.45. The van der Waals surface area contributed by atoms with Crippen molar-refractivity contribution in [3.8, 4) is 22.8 Å². The largest absolute Gasteiger partial charge is 0.502 e. The van der Waals surface area contributed by atoms with Crippen LogP contribution in [-0.4, -0.2) is 16.1 Å². The molecule has 0 spiro atoms. The second-order valence-electron chi connectivity index (χ2n) is 4.91. The van der Waals surface area contributed by atoms with E-state index in [0.29, 0.717) is 5.56 Å². The lowest BCUT2D eigenvalue weighted by Gasteiger charge is -2.02. The molecular weight excluding hydrogens is 320 g/mol. The van der Waals surface area contributed by atoms with E-state index in [1.165, 1.54) is 6.07 Å². The number of hydrogen-bond donors (Lipinski definition) is 3. The Morgan fingerprint density at radius 1 is 0.958 bits per heavy atom. The van der Waals surface area contributed by atoms with Crippen LogP contribution in [0, 0.1) is 11.6 Å². The number of nitrogens with one attached hydrogen (secondary N) is 1. The van der Waals surface area contributed by atoms with Crippen LogP contribution in [0.2, 0.25) is 0 Å². The van der Waals surface area contributed by atoms with E-state index < -0.39 is 34.9 Å². The third kappa shape index (κ3) is 2.79. The fourth-order valence-electron chi connectivity index (χ4n) is 2.10. The lowest BCUT2D eigenvalue weighted by atomic mass is 10.1. The second-order valence-corrected chi connectivity index (χ2v) is 4.91. The molecule has 1 heterocycles. The Labute approximate surface area is 134 Å². The molecule has 0 aliphatic rings. The maximum atomic E-state index is 13.3. The standard InChI is InChI=1S/C17H11F2NO4/c18-11-7-6-10(8-12(11)19)15-13(21)14(22)17(24-15)20-16(23)9-4-2-1-3-5-9/h1-8,21-22H,(H,20,23). The van der Waals surface area contributed by atoms with Gasteiger partial charge >= 0.3 is 0 Å². The normalized spacial score (nSPS) is 10.6. The number of carbonyl (C=O) groups excluding carboxylic acids is 1. The van der Waals surface area contributed by atoms with Crippen LogP contribution in [0.5, 0.6) is 11.5 Å². The molecule has 1 amide bonds. The monoisotopic (exact) mass is 331 g/mol. The van der Waals surface area contributed by atoms with Crippen molar-refractivity contribution in [1.29, 1.82) is 0 Å². The number of benzene rings is 2. The van der Waals surface area contributed by atoms with Crippen LogP contribution >= 0.6 is 0 Å². The highest BCUT2D eigenvalue weighted by Gasteiger charge is 2.23. The van der Waals surface area contributed by atoms with E-state index >= 15 is 0 Å². The fourth-order valence-corrected chi connectivity index (χ4v) is 2.10. The average molecular weight is 331 g/mol. The number of hydrogen-bond acceptors (Lipinski definition) is 4. The summed E-state index contributed by atoms with van der Waals surface area (Å²) in [5.41, 5.74) is 0.309. The Morgan fingerprint density at radius 3 is 2.33 bits per heavy atom. The summed E-state index contributed by atoms with van der Waals surface area (Å²) in [6.07, 6.45) is 0. The molecule has 24 heavy (non-hydrogen) atoms. The van der Waals surface area contributed by atoms with Crippen molar-refractivity contribution >= 4 is 11.8 Å². The Bertz CT molecular complexity index is 906. The molecule has 0 radical (unpaired) electrons. The first-order valence-corrected chi connectivity index (χ1v) is 6.84. The minimum Gasteiger partial charge on any atom is -0.502 e. The van der Waals surface area contributed by atoms with Crippen molar-refractivity contribution in [2.45, 2.75) is 0 Å². The molecule has 122 valence electrons. The van der Waals surface area contributed by atoms with Crippen molar-refractivity contribution in [3.05, 3.63) is 65.7 Å². The summed E-state index contributed by atoms with van der Waals surface area (Å²) in [6.45, 7) is 0. The molecule has 0 saturated carbocycles. The summed E-state index contributed by atoms with van der Waals surface area (Å²) in [5.74, 6) is -4.87. The number of aromatic hydroxyl groups is 2. The lowest BCUT2D eigenvalue weighted by molar-refractivity contribution is 0.102. The fraction of sp³-hybridized carbons (Fsp3) is 0. The van der Waals surface area contributed by atoms with Crippen LogP contribution in [0.3, 0.4) is 0 Å². The first-order chi connectivity index (χ1) is 11.5. The molecule has 0 saturated heterocycles. The first kappa shape index (κ1) is 15.5. The van der Waals surface area contributed by atoms with Gasteiger partial charge in [0.25, 0.3) is 5.91 Å². The molecule has 3 aromatic rings. The van der Waals surface area contributed by atoms with E-state index in [1.807, 2.05) is 0 Å². The summed E-state index contributed by atoms with van der Waals surface area (Å²) in [4.78, 5) is 12.0. The van der Waals surface area contributed by atoms with Gasteiger partial charge in [-0.2, -0.15) is 0 Å². The van der Waals surface area contributed by atoms with Gasteiger partial charge in [0, 0.05) is 11.1 Å². The second kappa shape index (κ2) is 6.04. The quantitative estimate of drug-likeness (QED) is 0.680. The van der Waals surface area contributed by atoms with E-state index in [2.05, 4.69) is 5.32 Å². The summed E-state index contributed by atoms with van der Waals surface area (Å²) in [5, 5.41) is 22.1. The maximum absolute atomic E-state index is 13.3. The van der Waals surface area contributed by atoms with Gasteiger partial charge in [-0.1, -0.05) is 18.2 Å². The zero-order valence-corrected chi connectivity index (χ0v) is 12.1. The molecule has 0 atom stereocenters. The van der Waals surface area contributed by atoms with Crippen LogP contribution in [0.4, 0.5) is 14.7 Å². The molecule has 2 aromatic carbocycles. The third-order valence-electron chi connectivity index (χ3n) is 3.30. The zero-order chi connectivity index (χ0) is 17.3. The molecule has 1 aromatic heterocycles. The topological polar surface area (TPSA) is 82.7 Å². The van der Waals surface area contributed by atoms with Gasteiger partial charge in [-0.3, -0.25) is 10.1 Å².